The van der Waals surface area contributed by atoms with E-state index in [0.29, 0.717) is 24.6 Å². The molecule has 0 radical (unpaired) electrons. The molecule has 0 bridgehead atoms. The number of carbonyl (C=O) groups excluding carboxylic acids is 1. The van der Waals surface area contributed by atoms with Gasteiger partial charge in [-0.2, -0.15) is 0 Å². The SMILES string of the molecule is Cc1ccc(OCCN2C(=O)COc3ccc(O)cc32)cc1. The van der Waals surface area contributed by atoms with E-state index in [1.54, 1.807) is 11.0 Å². The summed E-state index contributed by atoms with van der Waals surface area (Å²) >= 11 is 0. The van der Waals surface area contributed by atoms with Crippen LogP contribution < -0.4 is 14.4 Å². The van der Waals surface area contributed by atoms with Gasteiger partial charge in [0.25, 0.3) is 5.91 Å². The van der Waals surface area contributed by atoms with Crippen molar-refractivity contribution in [1.82, 2.24) is 0 Å². The number of nitrogens with zero attached hydrogens (tertiary/aromatic N) is 1. The Balaban J connectivity index is 1.68. The summed E-state index contributed by atoms with van der Waals surface area (Å²) in [5.74, 6) is 1.31. The van der Waals surface area contributed by atoms with Crippen molar-refractivity contribution < 1.29 is 19.4 Å². The molecular formula is C17H17NO4. The van der Waals surface area contributed by atoms with Crippen LogP contribution >= 0.6 is 0 Å². The van der Waals surface area contributed by atoms with E-state index in [9.17, 15) is 9.90 Å². The molecule has 1 aliphatic heterocycles. The largest absolute Gasteiger partial charge is 0.508 e. The second kappa shape index (κ2) is 5.97. The van der Waals surface area contributed by atoms with Gasteiger partial charge in [0.1, 0.15) is 23.9 Å². The van der Waals surface area contributed by atoms with Crippen LogP contribution in [0.5, 0.6) is 17.2 Å². The highest BCUT2D eigenvalue weighted by atomic mass is 16.5. The fourth-order valence-electron chi connectivity index (χ4n) is 2.32. The number of hydrogen-bond acceptors (Lipinski definition) is 4. The summed E-state index contributed by atoms with van der Waals surface area (Å²) in [6, 6.07) is 12.5. The topological polar surface area (TPSA) is 59.0 Å². The van der Waals surface area contributed by atoms with Gasteiger partial charge in [-0.15, -0.1) is 0 Å². The highest BCUT2D eigenvalue weighted by molar-refractivity contribution is 5.98. The predicted octanol–water partition coefficient (Wildman–Crippen LogP) is 2.51. The molecule has 0 atom stereocenters. The van der Waals surface area contributed by atoms with E-state index in [4.69, 9.17) is 9.47 Å². The Morgan fingerprint density at radius 1 is 1.23 bits per heavy atom. The van der Waals surface area contributed by atoms with Crippen molar-refractivity contribution in [2.24, 2.45) is 0 Å². The van der Waals surface area contributed by atoms with E-state index < -0.39 is 0 Å². The van der Waals surface area contributed by atoms with Crippen LogP contribution in [0.15, 0.2) is 42.5 Å². The van der Waals surface area contributed by atoms with Gasteiger partial charge in [0.05, 0.1) is 12.2 Å². The van der Waals surface area contributed by atoms with Crippen molar-refractivity contribution in [2.75, 3.05) is 24.7 Å². The minimum absolute atomic E-state index is 0.00229. The summed E-state index contributed by atoms with van der Waals surface area (Å²) in [5.41, 5.74) is 1.74. The Bertz CT molecular complexity index is 682. The molecule has 0 unspecified atom stereocenters. The van der Waals surface area contributed by atoms with Crippen LogP contribution in [-0.4, -0.2) is 30.8 Å². The van der Waals surface area contributed by atoms with Crippen LogP contribution in [0.25, 0.3) is 0 Å². The zero-order valence-corrected chi connectivity index (χ0v) is 12.3. The lowest BCUT2D eigenvalue weighted by Crippen LogP contribution is -2.41. The molecule has 22 heavy (non-hydrogen) atoms. The zero-order valence-electron chi connectivity index (χ0n) is 12.3. The number of ether oxygens (including phenoxy) is 2. The Labute approximate surface area is 128 Å². The molecule has 0 fully saturated rings. The van der Waals surface area contributed by atoms with Crippen molar-refractivity contribution >= 4 is 11.6 Å². The number of phenols is 1. The maximum atomic E-state index is 12.0. The van der Waals surface area contributed by atoms with Gasteiger partial charge in [-0.25, -0.2) is 0 Å². The number of fused-ring (bicyclic) bond motifs is 1. The number of aromatic hydroxyl groups is 1. The van der Waals surface area contributed by atoms with E-state index in [-0.39, 0.29) is 18.3 Å². The fourth-order valence-corrected chi connectivity index (χ4v) is 2.32. The van der Waals surface area contributed by atoms with E-state index >= 15 is 0 Å². The fraction of sp³-hybridized carbons (Fsp3) is 0.235. The third-order valence-electron chi connectivity index (χ3n) is 3.49. The molecule has 114 valence electrons. The van der Waals surface area contributed by atoms with E-state index in [1.165, 1.54) is 17.7 Å². The Morgan fingerprint density at radius 2 is 2.00 bits per heavy atom. The number of rotatable bonds is 4. The number of aryl methyl sites for hydroxylation is 1. The molecule has 2 aromatic carbocycles. The summed E-state index contributed by atoms with van der Waals surface area (Å²) in [4.78, 5) is 13.6. The van der Waals surface area contributed by atoms with E-state index in [0.717, 1.165) is 5.75 Å². The van der Waals surface area contributed by atoms with Gasteiger partial charge < -0.3 is 19.5 Å². The van der Waals surface area contributed by atoms with Crippen LogP contribution in [0.4, 0.5) is 5.69 Å². The first-order valence-corrected chi connectivity index (χ1v) is 7.09. The molecule has 0 spiro atoms. The monoisotopic (exact) mass is 299 g/mol. The normalized spacial score (nSPS) is 13.5. The molecule has 5 heteroatoms. The van der Waals surface area contributed by atoms with Crippen LogP contribution in [0.3, 0.4) is 0 Å². The van der Waals surface area contributed by atoms with Gasteiger partial charge in [0.2, 0.25) is 0 Å². The third-order valence-corrected chi connectivity index (χ3v) is 3.49. The maximum Gasteiger partial charge on any atom is 0.265 e. The molecule has 0 saturated carbocycles. The molecule has 2 aromatic rings. The summed E-state index contributed by atoms with van der Waals surface area (Å²) in [6.45, 7) is 2.78. The van der Waals surface area contributed by atoms with Crippen LogP contribution in [0, 0.1) is 6.92 Å². The average Bonchev–Trinajstić information content (AvgIpc) is 2.51. The molecule has 1 heterocycles. The smallest absolute Gasteiger partial charge is 0.265 e. The van der Waals surface area contributed by atoms with Gasteiger partial charge in [-0.1, -0.05) is 17.7 Å². The number of anilines is 1. The number of benzene rings is 2. The van der Waals surface area contributed by atoms with Crippen molar-refractivity contribution in [3.8, 4) is 17.2 Å². The van der Waals surface area contributed by atoms with Crippen molar-refractivity contribution in [3.05, 3.63) is 48.0 Å². The molecule has 1 N–H and O–H groups in total. The lowest BCUT2D eigenvalue weighted by Gasteiger charge is -2.29. The van der Waals surface area contributed by atoms with E-state index in [1.807, 2.05) is 31.2 Å². The van der Waals surface area contributed by atoms with Gasteiger partial charge in [-0.3, -0.25) is 4.79 Å². The van der Waals surface area contributed by atoms with Crippen molar-refractivity contribution in [1.29, 1.82) is 0 Å². The number of hydrogen-bond donors (Lipinski definition) is 1. The Morgan fingerprint density at radius 3 is 2.77 bits per heavy atom. The number of amides is 1. The summed E-state index contributed by atoms with van der Waals surface area (Å²) in [5, 5.41) is 9.60. The zero-order chi connectivity index (χ0) is 15.5. The molecule has 1 aliphatic rings. The lowest BCUT2D eigenvalue weighted by atomic mass is 10.2. The first-order valence-electron chi connectivity index (χ1n) is 7.09. The first kappa shape index (κ1) is 14.3. The van der Waals surface area contributed by atoms with Gasteiger partial charge >= 0.3 is 0 Å². The van der Waals surface area contributed by atoms with Crippen molar-refractivity contribution in [2.45, 2.75) is 6.92 Å². The lowest BCUT2D eigenvalue weighted by molar-refractivity contribution is -0.121. The van der Waals surface area contributed by atoms with Crippen LogP contribution in [0.2, 0.25) is 0 Å². The molecule has 3 rings (SSSR count). The molecule has 1 amide bonds. The molecule has 0 saturated heterocycles. The summed E-state index contributed by atoms with van der Waals surface area (Å²) in [6.07, 6.45) is 0. The summed E-state index contributed by atoms with van der Waals surface area (Å²) in [7, 11) is 0. The summed E-state index contributed by atoms with van der Waals surface area (Å²) < 4.78 is 11.0. The Kier molecular flexibility index (Phi) is 3.87. The molecule has 5 nitrogen and oxygen atoms in total. The quantitative estimate of drug-likeness (QED) is 0.942. The van der Waals surface area contributed by atoms with E-state index in [2.05, 4.69) is 0 Å². The minimum atomic E-state index is -0.148. The Hall–Kier alpha value is -2.69. The second-order valence-electron chi connectivity index (χ2n) is 5.15. The van der Waals surface area contributed by atoms with Crippen molar-refractivity contribution in [3.63, 3.8) is 0 Å². The van der Waals surface area contributed by atoms with Gasteiger partial charge in [-0.05, 0) is 31.2 Å². The highest BCUT2D eigenvalue weighted by Gasteiger charge is 2.25. The van der Waals surface area contributed by atoms with Gasteiger partial charge in [0, 0.05) is 6.07 Å². The van der Waals surface area contributed by atoms with Gasteiger partial charge in [0.15, 0.2) is 6.61 Å². The maximum absolute atomic E-state index is 12.0. The molecule has 0 aliphatic carbocycles. The second-order valence-corrected chi connectivity index (χ2v) is 5.15. The standard InChI is InChI=1S/C17H17NO4/c1-12-2-5-14(6-3-12)21-9-8-18-15-10-13(19)4-7-16(15)22-11-17(18)20/h2-7,10,19H,8-9,11H2,1H3. The van der Waals surface area contributed by atoms with Crippen LogP contribution in [0.1, 0.15) is 5.56 Å². The minimum Gasteiger partial charge on any atom is -0.508 e. The first-order chi connectivity index (χ1) is 10.6. The third kappa shape index (κ3) is 2.98. The average molecular weight is 299 g/mol. The molecule has 0 aromatic heterocycles. The number of carbonyl (C=O) groups is 1. The molecular weight excluding hydrogens is 282 g/mol. The van der Waals surface area contributed by atoms with Crippen LogP contribution in [-0.2, 0) is 4.79 Å². The predicted molar refractivity (Wildman–Crippen MR) is 82.6 cm³/mol. The number of phenolic OH excluding ortho intramolecular Hbond substituents is 1. The highest BCUT2D eigenvalue weighted by Crippen LogP contribution is 2.34.